The van der Waals surface area contributed by atoms with Crippen LogP contribution in [0.15, 0.2) is 41.0 Å². The predicted molar refractivity (Wildman–Crippen MR) is 121 cm³/mol. The summed E-state index contributed by atoms with van der Waals surface area (Å²) in [5, 5.41) is 32.8. The van der Waals surface area contributed by atoms with Crippen LogP contribution in [-0.4, -0.2) is 28.9 Å². The molecule has 0 spiro atoms. The van der Waals surface area contributed by atoms with Crippen LogP contribution in [0.1, 0.15) is 30.4 Å². The van der Waals surface area contributed by atoms with Gasteiger partial charge in [0.05, 0.1) is 23.9 Å². The summed E-state index contributed by atoms with van der Waals surface area (Å²) in [6.45, 7) is 0.211. The van der Waals surface area contributed by atoms with Crippen molar-refractivity contribution >= 4 is 38.2 Å². The Labute approximate surface area is 184 Å². The molecule has 3 N–H and O–H groups in total. The van der Waals surface area contributed by atoms with Gasteiger partial charge in [0.2, 0.25) is 0 Å². The van der Waals surface area contributed by atoms with Crippen molar-refractivity contribution in [3.63, 3.8) is 0 Å². The zero-order valence-electron chi connectivity index (χ0n) is 16.7. The number of aliphatic hydroxyl groups excluding tert-OH is 1. The Kier molecular flexibility index (Phi) is 7.50. The number of pyridine rings is 1. The van der Waals surface area contributed by atoms with Gasteiger partial charge in [-0.15, -0.1) is 0 Å². The third kappa shape index (κ3) is 5.02. The Balaban J connectivity index is 1.98. The van der Waals surface area contributed by atoms with Crippen LogP contribution >= 0.6 is 15.9 Å². The first-order chi connectivity index (χ1) is 14.6. The van der Waals surface area contributed by atoms with Gasteiger partial charge in [0.15, 0.2) is 11.5 Å². The molecule has 155 valence electrons. The molecular weight excluding hydrogens is 446 g/mol. The van der Waals surface area contributed by atoms with Crippen LogP contribution in [0.3, 0.4) is 0 Å². The number of rotatable bonds is 9. The number of fused-ring (bicyclic) bond motifs is 1. The van der Waals surface area contributed by atoms with E-state index in [0.717, 1.165) is 41.4 Å². The van der Waals surface area contributed by atoms with E-state index in [1.165, 1.54) is 13.3 Å². The molecule has 0 saturated carbocycles. The number of benzene rings is 2. The van der Waals surface area contributed by atoms with Crippen molar-refractivity contribution in [2.45, 2.75) is 25.7 Å². The number of aromatic hydroxyl groups is 1. The quantitative estimate of drug-likeness (QED) is 0.371. The lowest BCUT2D eigenvalue weighted by Gasteiger charge is -2.16. The zero-order valence-corrected chi connectivity index (χ0v) is 18.2. The monoisotopic (exact) mass is 468 g/mol. The zero-order chi connectivity index (χ0) is 21.5. The van der Waals surface area contributed by atoms with Crippen molar-refractivity contribution in [1.82, 2.24) is 4.98 Å². The number of nitriles is 1. The Morgan fingerprint density at radius 3 is 2.83 bits per heavy atom. The van der Waals surface area contributed by atoms with Crippen molar-refractivity contribution in [2.24, 2.45) is 0 Å². The summed E-state index contributed by atoms with van der Waals surface area (Å²) in [7, 11) is 1.48. The van der Waals surface area contributed by atoms with Crippen LogP contribution in [0.25, 0.3) is 10.9 Å². The van der Waals surface area contributed by atoms with E-state index in [4.69, 9.17) is 9.84 Å². The van der Waals surface area contributed by atoms with E-state index in [2.05, 4.69) is 38.7 Å². The highest BCUT2D eigenvalue weighted by Gasteiger charge is 2.15. The SMILES string of the molecule is COc1cc2ncc(C#N)c(Nc3cc(Br)ccc3C[CH]CCCCO)c2cc1O. The van der Waals surface area contributed by atoms with Gasteiger partial charge in [0, 0.05) is 34.4 Å². The minimum absolute atomic E-state index is 0.0170. The molecule has 0 saturated heterocycles. The van der Waals surface area contributed by atoms with Gasteiger partial charge in [-0.3, -0.25) is 4.98 Å². The molecule has 0 amide bonds. The molecule has 0 aliphatic rings. The molecule has 3 aromatic rings. The number of ether oxygens (including phenoxy) is 1. The highest BCUT2D eigenvalue weighted by Crippen LogP contribution is 2.37. The van der Waals surface area contributed by atoms with E-state index >= 15 is 0 Å². The summed E-state index contributed by atoms with van der Waals surface area (Å²) < 4.78 is 6.09. The molecule has 1 aromatic heterocycles. The maximum Gasteiger partial charge on any atom is 0.162 e. The Morgan fingerprint density at radius 2 is 2.10 bits per heavy atom. The standard InChI is InChI=1S/C23H23BrN3O3/c1-30-22-12-20-18(11-21(22)29)23(16(13-25)14-26-20)27-19-10-17(24)8-7-15(19)6-4-2-3-5-9-28/h4,7-8,10-12,14,28-29H,2-3,5-6,9H2,1H3,(H,26,27). The topological polar surface area (TPSA) is 98.4 Å². The van der Waals surface area contributed by atoms with E-state index in [0.29, 0.717) is 27.9 Å². The number of phenolic OH excluding ortho intramolecular Hbond substituents is 1. The minimum atomic E-state index is -0.0170. The summed E-state index contributed by atoms with van der Waals surface area (Å²) in [5.74, 6) is 0.308. The van der Waals surface area contributed by atoms with Crippen LogP contribution in [0.4, 0.5) is 11.4 Å². The Hall–Kier alpha value is -2.82. The molecule has 0 fully saturated rings. The van der Waals surface area contributed by atoms with Crippen LogP contribution in [-0.2, 0) is 6.42 Å². The molecule has 0 bridgehead atoms. The van der Waals surface area contributed by atoms with Gasteiger partial charge < -0.3 is 20.3 Å². The number of anilines is 2. The van der Waals surface area contributed by atoms with Crippen LogP contribution in [0, 0.1) is 17.8 Å². The number of methoxy groups -OCH3 is 1. The van der Waals surface area contributed by atoms with Crippen molar-refractivity contribution in [1.29, 1.82) is 5.26 Å². The fraction of sp³-hybridized carbons (Fsp3) is 0.261. The second-order valence-electron chi connectivity index (χ2n) is 6.84. The summed E-state index contributed by atoms with van der Waals surface area (Å²) in [6.07, 6.45) is 7.13. The van der Waals surface area contributed by atoms with Gasteiger partial charge >= 0.3 is 0 Å². The number of nitrogens with one attached hydrogen (secondary N) is 1. The fourth-order valence-electron chi connectivity index (χ4n) is 3.23. The van der Waals surface area contributed by atoms with Gasteiger partial charge in [0.25, 0.3) is 0 Å². The van der Waals surface area contributed by atoms with Gasteiger partial charge in [0.1, 0.15) is 6.07 Å². The lowest BCUT2D eigenvalue weighted by Crippen LogP contribution is -2.01. The highest BCUT2D eigenvalue weighted by molar-refractivity contribution is 9.10. The maximum atomic E-state index is 10.3. The van der Waals surface area contributed by atoms with E-state index < -0.39 is 0 Å². The van der Waals surface area contributed by atoms with Crippen molar-refractivity contribution in [3.8, 4) is 17.6 Å². The molecule has 1 heterocycles. The Morgan fingerprint density at radius 1 is 1.27 bits per heavy atom. The Bertz CT molecular complexity index is 1080. The molecule has 1 radical (unpaired) electrons. The van der Waals surface area contributed by atoms with Crippen LogP contribution < -0.4 is 10.1 Å². The van der Waals surface area contributed by atoms with Gasteiger partial charge in [-0.1, -0.05) is 28.4 Å². The molecular formula is C23H23BrN3O3. The van der Waals surface area contributed by atoms with Gasteiger partial charge in [-0.2, -0.15) is 5.26 Å². The predicted octanol–water partition coefficient (Wildman–Crippen LogP) is 5.24. The number of nitrogens with zero attached hydrogens (tertiary/aromatic N) is 2. The summed E-state index contributed by atoms with van der Waals surface area (Å²) in [4.78, 5) is 4.33. The number of halogens is 1. The second-order valence-corrected chi connectivity index (χ2v) is 7.75. The first-order valence-corrected chi connectivity index (χ1v) is 10.4. The smallest absolute Gasteiger partial charge is 0.162 e. The normalized spacial score (nSPS) is 10.7. The average molecular weight is 469 g/mol. The second kappa shape index (κ2) is 10.3. The van der Waals surface area contributed by atoms with Crippen LogP contribution in [0.5, 0.6) is 11.5 Å². The molecule has 3 rings (SSSR count). The van der Waals surface area contributed by atoms with Gasteiger partial charge in [-0.25, -0.2) is 0 Å². The number of unbranched alkanes of at least 4 members (excludes halogenated alkanes) is 3. The maximum absolute atomic E-state index is 10.3. The molecule has 30 heavy (non-hydrogen) atoms. The lowest BCUT2D eigenvalue weighted by atomic mass is 10.0. The summed E-state index contributed by atoms with van der Waals surface area (Å²) in [6, 6.07) is 11.4. The number of phenols is 1. The van der Waals surface area contributed by atoms with E-state index in [1.54, 1.807) is 12.1 Å². The molecule has 2 aromatic carbocycles. The highest BCUT2D eigenvalue weighted by atomic mass is 79.9. The molecule has 0 unspecified atom stereocenters. The molecule has 7 heteroatoms. The van der Waals surface area contributed by atoms with E-state index in [-0.39, 0.29) is 12.4 Å². The lowest BCUT2D eigenvalue weighted by molar-refractivity contribution is 0.284. The molecule has 0 aliphatic carbocycles. The van der Waals surface area contributed by atoms with Crippen molar-refractivity contribution < 1.29 is 14.9 Å². The van der Waals surface area contributed by atoms with Crippen molar-refractivity contribution in [3.05, 3.63) is 58.5 Å². The average Bonchev–Trinajstić information content (AvgIpc) is 2.75. The first-order valence-electron chi connectivity index (χ1n) is 9.65. The fourth-order valence-corrected chi connectivity index (χ4v) is 3.59. The largest absolute Gasteiger partial charge is 0.504 e. The molecule has 6 nitrogen and oxygen atoms in total. The van der Waals surface area contributed by atoms with Crippen molar-refractivity contribution in [2.75, 3.05) is 19.0 Å². The number of aromatic nitrogens is 1. The number of hydrogen-bond donors (Lipinski definition) is 3. The van der Waals surface area contributed by atoms with Crippen LogP contribution in [0.2, 0.25) is 0 Å². The number of hydrogen-bond acceptors (Lipinski definition) is 6. The van der Waals surface area contributed by atoms with E-state index in [9.17, 15) is 10.4 Å². The molecule has 0 atom stereocenters. The third-order valence-electron chi connectivity index (χ3n) is 4.80. The third-order valence-corrected chi connectivity index (χ3v) is 5.29. The number of aliphatic hydroxyl groups is 1. The minimum Gasteiger partial charge on any atom is -0.504 e. The first kappa shape index (κ1) is 21.9. The van der Waals surface area contributed by atoms with Gasteiger partial charge in [-0.05, 0) is 49.4 Å². The van der Waals surface area contributed by atoms with E-state index in [1.807, 2.05) is 18.2 Å². The summed E-state index contributed by atoms with van der Waals surface area (Å²) in [5.41, 5.74) is 3.51. The summed E-state index contributed by atoms with van der Waals surface area (Å²) >= 11 is 3.52. The molecule has 0 aliphatic heterocycles.